The SMILES string of the molecule is O=C(CCCl)N[C@H](CO)Cc1ccccc1. The summed E-state index contributed by atoms with van der Waals surface area (Å²) in [5, 5.41) is 11.9. The maximum atomic E-state index is 11.3. The van der Waals surface area contributed by atoms with Crippen molar-refractivity contribution < 1.29 is 9.90 Å². The standard InChI is InChI=1S/C12H16ClNO2/c13-7-6-12(16)14-11(9-15)8-10-4-2-1-3-5-10/h1-5,11,15H,6-9H2,(H,14,16)/t11-/m0/s1. The summed E-state index contributed by atoms with van der Waals surface area (Å²) in [6.07, 6.45) is 0.915. The van der Waals surface area contributed by atoms with Gasteiger partial charge in [0.1, 0.15) is 0 Å². The highest BCUT2D eigenvalue weighted by molar-refractivity contribution is 6.18. The Morgan fingerprint density at radius 2 is 2.06 bits per heavy atom. The number of rotatable bonds is 6. The normalized spacial score (nSPS) is 12.1. The summed E-state index contributed by atoms with van der Waals surface area (Å²) in [5.41, 5.74) is 1.09. The number of aliphatic hydroxyl groups is 1. The molecule has 1 aromatic carbocycles. The van der Waals surface area contributed by atoms with Crippen LogP contribution in [0.5, 0.6) is 0 Å². The molecule has 0 aliphatic heterocycles. The van der Waals surface area contributed by atoms with Gasteiger partial charge in [-0.3, -0.25) is 4.79 Å². The highest BCUT2D eigenvalue weighted by Gasteiger charge is 2.11. The summed E-state index contributed by atoms with van der Waals surface area (Å²) in [6, 6.07) is 9.50. The summed E-state index contributed by atoms with van der Waals surface area (Å²) in [4.78, 5) is 11.3. The summed E-state index contributed by atoms with van der Waals surface area (Å²) >= 11 is 5.46. The van der Waals surface area contributed by atoms with Crippen molar-refractivity contribution in [2.45, 2.75) is 18.9 Å². The van der Waals surface area contributed by atoms with Gasteiger partial charge in [0.15, 0.2) is 0 Å². The second-order valence-corrected chi connectivity index (χ2v) is 3.95. The van der Waals surface area contributed by atoms with Crippen molar-refractivity contribution in [3.8, 4) is 0 Å². The van der Waals surface area contributed by atoms with Crippen molar-refractivity contribution in [2.75, 3.05) is 12.5 Å². The second kappa shape index (κ2) is 7.25. The maximum Gasteiger partial charge on any atom is 0.221 e. The highest BCUT2D eigenvalue weighted by atomic mass is 35.5. The first-order valence-corrected chi connectivity index (χ1v) is 5.80. The van der Waals surface area contributed by atoms with Gasteiger partial charge in [-0.15, -0.1) is 11.6 Å². The molecule has 1 amide bonds. The number of hydrogen-bond donors (Lipinski definition) is 2. The second-order valence-electron chi connectivity index (χ2n) is 3.58. The predicted molar refractivity (Wildman–Crippen MR) is 64.5 cm³/mol. The van der Waals surface area contributed by atoms with Crippen molar-refractivity contribution in [2.24, 2.45) is 0 Å². The number of carbonyl (C=O) groups is 1. The molecule has 4 heteroatoms. The van der Waals surface area contributed by atoms with E-state index in [0.29, 0.717) is 12.3 Å². The molecule has 0 saturated heterocycles. The van der Waals surface area contributed by atoms with E-state index >= 15 is 0 Å². The van der Waals surface area contributed by atoms with Crippen LogP contribution in [0.15, 0.2) is 30.3 Å². The molecule has 0 bridgehead atoms. The van der Waals surface area contributed by atoms with Crippen LogP contribution in [0.4, 0.5) is 0 Å². The Labute approximate surface area is 100 Å². The predicted octanol–water partition coefficient (Wildman–Crippen LogP) is 1.34. The van der Waals surface area contributed by atoms with Crippen LogP contribution >= 0.6 is 11.6 Å². The zero-order valence-electron chi connectivity index (χ0n) is 9.03. The molecule has 0 heterocycles. The van der Waals surface area contributed by atoms with E-state index in [2.05, 4.69) is 5.32 Å². The van der Waals surface area contributed by atoms with Gasteiger partial charge in [0.25, 0.3) is 0 Å². The molecule has 1 atom stereocenters. The third-order valence-corrected chi connectivity index (χ3v) is 2.42. The van der Waals surface area contributed by atoms with Crippen molar-refractivity contribution in [1.29, 1.82) is 0 Å². The summed E-state index contributed by atoms with van der Waals surface area (Å²) in [6.45, 7) is -0.0665. The van der Waals surface area contributed by atoms with E-state index in [1.165, 1.54) is 0 Å². The largest absolute Gasteiger partial charge is 0.394 e. The van der Waals surface area contributed by atoms with Gasteiger partial charge in [-0.05, 0) is 12.0 Å². The molecule has 0 radical (unpaired) electrons. The van der Waals surface area contributed by atoms with Crippen LogP contribution in [0.1, 0.15) is 12.0 Å². The van der Waals surface area contributed by atoms with Gasteiger partial charge in [0.05, 0.1) is 12.6 Å². The molecule has 0 aliphatic rings. The van der Waals surface area contributed by atoms with Crippen molar-refractivity contribution in [3.05, 3.63) is 35.9 Å². The highest BCUT2D eigenvalue weighted by Crippen LogP contribution is 2.03. The van der Waals surface area contributed by atoms with Crippen LogP contribution in [-0.4, -0.2) is 29.5 Å². The Hall–Kier alpha value is -1.06. The molecule has 0 aromatic heterocycles. The number of amides is 1. The summed E-state index contributed by atoms with van der Waals surface area (Å²) in [5.74, 6) is 0.181. The van der Waals surface area contributed by atoms with Crippen LogP contribution in [-0.2, 0) is 11.2 Å². The van der Waals surface area contributed by atoms with Crippen molar-refractivity contribution in [3.63, 3.8) is 0 Å². The number of aliphatic hydroxyl groups excluding tert-OH is 1. The lowest BCUT2D eigenvalue weighted by molar-refractivity contribution is -0.121. The average molecular weight is 242 g/mol. The third-order valence-electron chi connectivity index (χ3n) is 2.23. The Morgan fingerprint density at radius 1 is 1.38 bits per heavy atom. The number of alkyl halides is 1. The molecular weight excluding hydrogens is 226 g/mol. The number of carbonyl (C=O) groups excluding carboxylic acids is 1. The fourth-order valence-electron chi connectivity index (χ4n) is 1.45. The number of halogens is 1. The molecular formula is C12H16ClNO2. The minimum absolute atomic E-state index is 0.0665. The van der Waals surface area contributed by atoms with Crippen molar-refractivity contribution >= 4 is 17.5 Å². The van der Waals surface area contributed by atoms with Crippen LogP contribution in [0, 0.1) is 0 Å². The van der Waals surface area contributed by atoms with Gasteiger partial charge in [0, 0.05) is 12.3 Å². The molecule has 88 valence electrons. The minimum atomic E-state index is -0.238. The van der Waals surface area contributed by atoms with Crippen LogP contribution in [0.2, 0.25) is 0 Å². The monoisotopic (exact) mass is 241 g/mol. The molecule has 2 N–H and O–H groups in total. The van der Waals surface area contributed by atoms with Crippen LogP contribution < -0.4 is 5.32 Å². The maximum absolute atomic E-state index is 11.3. The molecule has 3 nitrogen and oxygen atoms in total. The molecule has 0 saturated carbocycles. The third kappa shape index (κ3) is 4.64. The zero-order valence-corrected chi connectivity index (χ0v) is 9.78. The molecule has 0 unspecified atom stereocenters. The number of benzene rings is 1. The first kappa shape index (κ1) is 13.0. The van der Waals surface area contributed by atoms with Gasteiger partial charge in [0.2, 0.25) is 5.91 Å². The molecule has 0 aliphatic carbocycles. The van der Waals surface area contributed by atoms with E-state index in [9.17, 15) is 4.79 Å². The fraction of sp³-hybridized carbons (Fsp3) is 0.417. The van der Waals surface area contributed by atoms with Gasteiger partial charge in [-0.2, -0.15) is 0 Å². The quantitative estimate of drug-likeness (QED) is 0.739. The molecule has 1 aromatic rings. The van der Waals surface area contributed by atoms with E-state index in [1.54, 1.807) is 0 Å². The Bertz CT molecular complexity index is 316. The molecule has 0 spiro atoms. The van der Waals surface area contributed by atoms with E-state index in [1.807, 2.05) is 30.3 Å². The van der Waals surface area contributed by atoms with E-state index in [4.69, 9.17) is 16.7 Å². The first-order valence-electron chi connectivity index (χ1n) is 5.26. The summed E-state index contributed by atoms with van der Waals surface area (Å²) < 4.78 is 0. The average Bonchev–Trinajstić information content (AvgIpc) is 2.30. The molecule has 1 rings (SSSR count). The zero-order chi connectivity index (χ0) is 11.8. The lowest BCUT2D eigenvalue weighted by atomic mass is 10.1. The lowest BCUT2D eigenvalue weighted by Gasteiger charge is -2.15. The number of hydrogen-bond acceptors (Lipinski definition) is 2. The summed E-state index contributed by atoms with van der Waals surface area (Å²) in [7, 11) is 0. The van der Waals surface area contributed by atoms with Gasteiger partial charge in [-0.1, -0.05) is 30.3 Å². The smallest absolute Gasteiger partial charge is 0.221 e. The van der Waals surface area contributed by atoms with Crippen LogP contribution in [0.25, 0.3) is 0 Å². The fourth-order valence-corrected chi connectivity index (χ4v) is 1.62. The number of nitrogens with one attached hydrogen (secondary N) is 1. The van der Waals surface area contributed by atoms with E-state index < -0.39 is 0 Å². The first-order chi connectivity index (χ1) is 7.76. The van der Waals surface area contributed by atoms with Gasteiger partial charge >= 0.3 is 0 Å². The minimum Gasteiger partial charge on any atom is -0.394 e. The van der Waals surface area contributed by atoms with Gasteiger partial charge in [-0.25, -0.2) is 0 Å². The van der Waals surface area contributed by atoms with Crippen LogP contribution in [0.3, 0.4) is 0 Å². The topological polar surface area (TPSA) is 49.3 Å². The molecule has 0 fully saturated rings. The lowest BCUT2D eigenvalue weighted by Crippen LogP contribution is -2.39. The Balaban J connectivity index is 2.46. The van der Waals surface area contributed by atoms with Crippen molar-refractivity contribution in [1.82, 2.24) is 5.32 Å². The van der Waals surface area contributed by atoms with E-state index in [-0.39, 0.29) is 25.0 Å². The molecule has 16 heavy (non-hydrogen) atoms. The Morgan fingerprint density at radius 3 is 2.62 bits per heavy atom. The Kier molecular flexibility index (Phi) is 5.90. The van der Waals surface area contributed by atoms with E-state index in [0.717, 1.165) is 5.56 Å². The van der Waals surface area contributed by atoms with Gasteiger partial charge < -0.3 is 10.4 Å².